The van der Waals surface area contributed by atoms with Gasteiger partial charge < -0.3 is 20.4 Å². The predicted molar refractivity (Wildman–Crippen MR) is 29.2 cm³/mol. The van der Waals surface area contributed by atoms with Crippen LogP contribution in [-0.2, 0) is 9.59 Å². The van der Waals surface area contributed by atoms with Crippen LogP contribution in [0.2, 0.25) is 0 Å². The van der Waals surface area contributed by atoms with E-state index in [0.717, 1.165) is 0 Å². The van der Waals surface area contributed by atoms with E-state index in [2.05, 4.69) is 0 Å². The molecule has 0 rings (SSSR count). The van der Waals surface area contributed by atoms with Crippen molar-refractivity contribution in [2.45, 2.75) is 13.2 Å². The lowest BCUT2D eigenvalue weighted by Crippen LogP contribution is -2.09. The number of carboxylic acid groups (broad SMARTS) is 2. The molecule has 0 aromatic rings. The van der Waals surface area contributed by atoms with Gasteiger partial charge in [0, 0.05) is 0 Å². The van der Waals surface area contributed by atoms with Crippen LogP contribution in [0.5, 0.6) is 0 Å². The van der Waals surface area contributed by atoms with E-state index in [9.17, 15) is 0 Å². The molecule has 0 bridgehead atoms. The summed E-state index contributed by atoms with van der Waals surface area (Å²) >= 11 is 0. The minimum Gasteiger partial charge on any atom is -0.473 e. The molecule has 6 nitrogen and oxygen atoms in total. The Kier molecular flexibility index (Phi) is 6.96. The summed E-state index contributed by atoms with van der Waals surface area (Å²) in [5.41, 5.74) is 0. The fourth-order valence-corrected chi connectivity index (χ4v) is 0. The van der Waals surface area contributed by atoms with Crippen LogP contribution in [-0.4, -0.2) is 38.7 Å². The van der Waals surface area contributed by atoms with Gasteiger partial charge in [-0.05, 0) is 6.92 Å². The molecule has 0 spiro atoms. The van der Waals surface area contributed by atoms with Crippen molar-refractivity contribution in [1.29, 1.82) is 0 Å². The first kappa shape index (κ1) is 11.6. The molecule has 0 radical (unpaired) electrons. The lowest BCUT2D eigenvalue weighted by Gasteiger charge is -1.80. The van der Waals surface area contributed by atoms with Crippen molar-refractivity contribution in [2.75, 3.05) is 0 Å². The van der Waals surface area contributed by atoms with Crippen LogP contribution in [0.15, 0.2) is 0 Å². The van der Waals surface area contributed by atoms with E-state index in [1.807, 2.05) is 0 Å². The number of rotatable bonds is 0. The first-order valence-electron chi connectivity index (χ1n) is 2.20. The molecule has 0 saturated heterocycles. The van der Waals surface area contributed by atoms with Crippen molar-refractivity contribution in [3.05, 3.63) is 0 Å². The fraction of sp³-hybridized carbons (Fsp3) is 0.500. The summed E-state index contributed by atoms with van der Waals surface area (Å²) in [5.74, 6) is -3.65. The third-order valence-electron chi connectivity index (χ3n) is 0.183. The van der Waals surface area contributed by atoms with E-state index in [0.29, 0.717) is 0 Å². The Balaban J connectivity index is 0. The fourth-order valence-electron chi connectivity index (χ4n) is 0. The zero-order valence-electron chi connectivity index (χ0n) is 5.18. The summed E-state index contributed by atoms with van der Waals surface area (Å²) < 4.78 is 0. The summed E-state index contributed by atoms with van der Waals surface area (Å²) in [6.07, 6.45) is -1.17. The molecular formula is C4H8O6. The molecule has 60 valence electrons. The summed E-state index contributed by atoms with van der Waals surface area (Å²) in [6, 6.07) is 0. The first-order valence-corrected chi connectivity index (χ1v) is 2.20. The van der Waals surface area contributed by atoms with E-state index < -0.39 is 18.2 Å². The Hall–Kier alpha value is -1.14. The van der Waals surface area contributed by atoms with Gasteiger partial charge in [-0.1, -0.05) is 0 Å². The Bertz CT molecular complexity index is 102. The molecule has 0 aromatic heterocycles. The van der Waals surface area contributed by atoms with E-state index in [1.54, 1.807) is 0 Å². The second-order valence-electron chi connectivity index (χ2n) is 1.24. The number of hydrogen-bond acceptors (Lipinski definition) is 4. The molecule has 10 heavy (non-hydrogen) atoms. The van der Waals surface area contributed by atoms with Crippen molar-refractivity contribution in [1.82, 2.24) is 0 Å². The van der Waals surface area contributed by atoms with Gasteiger partial charge in [0.05, 0.1) is 0 Å². The monoisotopic (exact) mass is 152 g/mol. The van der Waals surface area contributed by atoms with Crippen LogP contribution >= 0.6 is 0 Å². The number of hydrogen-bond donors (Lipinski definition) is 4. The average Bonchev–Trinajstić information content (AvgIpc) is 1.63. The highest BCUT2D eigenvalue weighted by Gasteiger charge is 2.04. The molecule has 0 fully saturated rings. The average molecular weight is 152 g/mol. The van der Waals surface area contributed by atoms with Gasteiger partial charge in [0.15, 0.2) is 0 Å². The van der Waals surface area contributed by atoms with Crippen molar-refractivity contribution >= 4 is 11.9 Å². The van der Waals surface area contributed by atoms with Crippen molar-refractivity contribution < 1.29 is 30.0 Å². The molecule has 4 N–H and O–H groups in total. The highest BCUT2D eigenvalue weighted by Crippen LogP contribution is 1.57. The molecule has 0 aliphatic carbocycles. The molecule has 0 unspecified atom stereocenters. The maximum atomic E-state index is 9.10. The molecule has 0 aliphatic rings. The van der Waals surface area contributed by atoms with Crippen LogP contribution in [0.3, 0.4) is 0 Å². The third-order valence-corrected chi connectivity index (χ3v) is 0.183. The van der Waals surface area contributed by atoms with E-state index in [4.69, 9.17) is 30.0 Å². The van der Waals surface area contributed by atoms with Gasteiger partial charge in [-0.25, -0.2) is 9.59 Å². The van der Waals surface area contributed by atoms with Gasteiger partial charge in [-0.2, -0.15) is 0 Å². The van der Waals surface area contributed by atoms with Gasteiger partial charge in [-0.15, -0.1) is 0 Å². The first-order chi connectivity index (χ1) is 4.37. The molecule has 0 saturated carbocycles. The second kappa shape index (κ2) is 5.99. The van der Waals surface area contributed by atoms with Crippen molar-refractivity contribution in [3.8, 4) is 0 Å². The largest absolute Gasteiger partial charge is 0.473 e. The number of aliphatic hydroxyl groups excluding tert-OH is 1. The van der Waals surface area contributed by atoms with Crippen molar-refractivity contribution in [2.24, 2.45) is 0 Å². The predicted octanol–water partition coefficient (Wildman–Crippen LogP) is -1.53. The zero-order chi connectivity index (χ0) is 8.73. The molecule has 6 heteroatoms. The highest BCUT2D eigenvalue weighted by molar-refractivity contribution is 6.27. The summed E-state index contributed by atoms with van der Waals surface area (Å²) in [6.45, 7) is 1.28. The molecule has 0 heterocycles. The Morgan fingerprint density at radius 3 is 1.20 bits per heavy atom. The maximum absolute atomic E-state index is 9.10. The quantitative estimate of drug-likeness (QED) is 0.247. The topological polar surface area (TPSA) is 115 Å². The summed E-state index contributed by atoms with van der Waals surface area (Å²) in [4.78, 5) is 18.2. The minimum absolute atomic E-state index is 1.17. The van der Waals surface area contributed by atoms with E-state index in [-0.39, 0.29) is 0 Å². The van der Waals surface area contributed by atoms with Gasteiger partial charge >= 0.3 is 11.9 Å². The highest BCUT2D eigenvalue weighted by atomic mass is 16.5. The van der Waals surface area contributed by atoms with Gasteiger partial charge in [0.2, 0.25) is 0 Å². The maximum Gasteiger partial charge on any atom is 0.414 e. The second-order valence-corrected chi connectivity index (χ2v) is 1.24. The normalized spacial score (nSPS) is 8.00. The number of carbonyl (C=O) groups is 2. The van der Waals surface area contributed by atoms with E-state index in [1.165, 1.54) is 6.92 Å². The molecule has 0 atom stereocenters. The van der Waals surface area contributed by atoms with Crippen LogP contribution in [0.1, 0.15) is 6.92 Å². The lowest BCUT2D eigenvalue weighted by atomic mass is 10.7. The third kappa shape index (κ3) is 28.8. The Labute approximate surface area is 56.3 Å². The summed E-state index contributed by atoms with van der Waals surface area (Å²) in [7, 11) is 0. The lowest BCUT2D eigenvalue weighted by molar-refractivity contribution is -0.159. The number of aliphatic carboxylic acids is 2. The Morgan fingerprint density at radius 1 is 1.10 bits per heavy atom. The van der Waals surface area contributed by atoms with Crippen LogP contribution < -0.4 is 0 Å². The van der Waals surface area contributed by atoms with Gasteiger partial charge in [0.1, 0.15) is 6.29 Å². The van der Waals surface area contributed by atoms with Crippen LogP contribution in [0, 0.1) is 0 Å². The van der Waals surface area contributed by atoms with E-state index >= 15 is 0 Å². The Morgan fingerprint density at radius 2 is 1.20 bits per heavy atom. The number of carboxylic acids is 2. The van der Waals surface area contributed by atoms with Crippen LogP contribution in [0.25, 0.3) is 0 Å². The summed E-state index contributed by atoms with van der Waals surface area (Å²) in [5, 5.41) is 30.0. The number of aliphatic hydroxyl groups is 2. The molecule has 0 amide bonds. The zero-order valence-corrected chi connectivity index (χ0v) is 5.18. The van der Waals surface area contributed by atoms with Gasteiger partial charge in [-0.3, -0.25) is 0 Å². The van der Waals surface area contributed by atoms with Crippen molar-refractivity contribution in [3.63, 3.8) is 0 Å². The molecule has 0 aliphatic heterocycles. The van der Waals surface area contributed by atoms with Crippen LogP contribution in [0.4, 0.5) is 0 Å². The smallest absolute Gasteiger partial charge is 0.414 e. The minimum atomic E-state index is -1.82. The molecular weight excluding hydrogens is 144 g/mol. The standard InChI is InChI=1S/C2H2O4.C2H6O2/c3-1(4)2(5)6;1-2(3)4/h(H,3,4)(H,5,6);2-4H,1H3. The molecule has 0 aromatic carbocycles. The van der Waals surface area contributed by atoms with Gasteiger partial charge in [0.25, 0.3) is 0 Å². The SMILES string of the molecule is CC(O)O.O=C(O)C(=O)O.